The predicted octanol–water partition coefficient (Wildman–Crippen LogP) is 3.32. The highest BCUT2D eigenvalue weighted by atomic mass is 35.5. The van der Waals surface area contributed by atoms with Gasteiger partial charge in [0.25, 0.3) is 0 Å². The Morgan fingerprint density at radius 3 is 2.00 bits per heavy atom. The summed E-state index contributed by atoms with van der Waals surface area (Å²) in [6.07, 6.45) is 0. The average molecular weight is 253 g/mol. The normalized spacial score (nSPS) is 27.4. The number of rotatable bonds is 0. The number of halogens is 2. The van der Waals surface area contributed by atoms with Crippen molar-refractivity contribution in [2.24, 2.45) is 0 Å². The molecule has 0 N–H and O–H groups in total. The van der Waals surface area contributed by atoms with Crippen LogP contribution in [-0.4, -0.2) is 5.12 Å². The lowest BCUT2D eigenvalue weighted by molar-refractivity contribution is -0.107. The zero-order chi connectivity index (χ0) is 7.94. The molecule has 0 fully saturated rings. The molecular formula is C3H2Cl2OS4. The smallest absolute Gasteiger partial charge is 0.243 e. The Morgan fingerprint density at radius 1 is 1.40 bits per heavy atom. The van der Waals surface area contributed by atoms with E-state index in [-0.39, 0.29) is 14.5 Å². The van der Waals surface area contributed by atoms with Gasteiger partial charge < -0.3 is 0 Å². The van der Waals surface area contributed by atoms with Gasteiger partial charge in [-0.1, -0.05) is 30.3 Å². The third kappa shape index (κ3) is 1.59. The minimum Gasteiger partial charge on any atom is -0.280 e. The van der Waals surface area contributed by atoms with Gasteiger partial charge in [-0.05, 0) is 10.8 Å². The number of carbonyl (C=O) groups excluding carboxylic acids is 1. The van der Waals surface area contributed by atoms with Crippen LogP contribution in [0.15, 0.2) is 9.40 Å². The second kappa shape index (κ2) is 3.03. The van der Waals surface area contributed by atoms with E-state index < -0.39 is 7.12 Å². The maximum absolute atomic E-state index is 10.8. The molecule has 1 nitrogen and oxygen atoms in total. The standard InChI is InChI=1S/C3H2Cl2OS4/c4-1-2(5)10(7,8)9-3(1)6/h7-8H. The third-order valence-electron chi connectivity index (χ3n) is 0.777. The van der Waals surface area contributed by atoms with E-state index in [9.17, 15) is 4.79 Å². The van der Waals surface area contributed by atoms with Crippen molar-refractivity contribution in [3.05, 3.63) is 9.40 Å². The van der Waals surface area contributed by atoms with Crippen LogP contribution < -0.4 is 0 Å². The second-order valence-corrected chi connectivity index (χ2v) is 12.0. The summed E-state index contributed by atoms with van der Waals surface area (Å²) in [5.41, 5.74) is 0. The lowest BCUT2D eigenvalue weighted by atomic mass is 10.7. The van der Waals surface area contributed by atoms with Crippen molar-refractivity contribution in [2.75, 3.05) is 0 Å². The van der Waals surface area contributed by atoms with E-state index in [2.05, 4.69) is 23.3 Å². The van der Waals surface area contributed by atoms with Crippen molar-refractivity contribution in [3.8, 4) is 0 Å². The summed E-state index contributed by atoms with van der Waals surface area (Å²) in [6, 6.07) is 0. The van der Waals surface area contributed by atoms with Gasteiger partial charge in [-0.15, -0.1) is 23.3 Å². The molecule has 0 spiro atoms. The maximum Gasteiger partial charge on any atom is 0.243 e. The monoisotopic (exact) mass is 252 g/mol. The minimum absolute atomic E-state index is 0.0617. The van der Waals surface area contributed by atoms with Crippen molar-refractivity contribution in [2.45, 2.75) is 0 Å². The number of hydrogen-bond donors (Lipinski definition) is 2. The van der Waals surface area contributed by atoms with Crippen LogP contribution in [0, 0.1) is 0 Å². The van der Waals surface area contributed by atoms with Crippen LogP contribution in [0.5, 0.6) is 0 Å². The number of hydrogen-bond acceptors (Lipinski definition) is 4. The van der Waals surface area contributed by atoms with E-state index in [0.29, 0.717) is 0 Å². The predicted molar refractivity (Wildman–Crippen MR) is 56.9 cm³/mol. The molecule has 0 bridgehead atoms. The Bertz CT molecular complexity index is 223. The van der Waals surface area contributed by atoms with Crippen LogP contribution in [0.3, 0.4) is 0 Å². The van der Waals surface area contributed by atoms with Crippen molar-refractivity contribution < 1.29 is 4.79 Å². The fraction of sp³-hybridized carbons (Fsp3) is 0. The van der Waals surface area contributed by atoms with Gasteiger partial charge in [0, 0.05) is 0 Å². The van der Waals surface area contributed by atoms with Crippen molar-refractivity contribution in [1.29, 1.82) is 0 Å². The molecule has 10 heavy (non-hydrogen) atoms. The van der Waals surface area contributed by atoms with Gasteiger partial charge in [0.1, 0.15) is 9.40 Å². The van der Waals surface area contributed by atoms with Crippen LogP contribution in [0.4, 0.5) is 0 Å². The molecule has 0 saturated carbocycles. The first kappa shape index (κ1) is 9.48. The quantitative estimate of drug-likeness (QED) is 0.509. The molecule has 0 aliphatic carbocycles. The Balaban J connectivity index is 3.06. The van der Waals surface area contributed by atoms with E-state index in [4.69, 9.17) is 23.2 Å². The van der Waals surface area contributed by atoms with Crippen LogP contribution >= 0.6 is 64.4 Å². The summed E-state index contributed by atoms with van der Waals surface area (Å²) in [4.78, 5) is 10.8. The van der Waals surface area contributed by atoms with E-state index in [1.807, 2.05) is 0 Å². The van der Waals surface area contributed by atoms with Gasteiger partial charge in [-0.25, -0.2) is 0 Å². The highest BCUT2D eigenvalue weighted by molar-refractivity contribution is 9.46. The zero-order valence-electron chi connectivity index (χ0n) is 4.38. The Labute approximate surface area is 83.2 Å². The van der Waals surface area contributed by atoms with Crippen molar-refractivity contribution in [1.82, 2.24) is 0 Å². The van der Waals surface area contributed by atoms with Crippen LogP contribution in [0.25, 0.3) is 0 Å². The molecule has 1 rings (SSSR count). The van der Waals surface area contributed by atoms with Crippen molar-refractivity contribution >= 4 is 69.6 Å². The highest BCUT2D eigenvalue weighted by Crippen LogP contribution is 2.79. The summed E-state index contributed by atoms with van der Waals surface area (Å²) in [5.74, 6) is 0. The van der Waals surface area contributed by atoms with Gasteiger partial charge in [-0.2, -0.15) is 0 Å². The Hall–Kier alpha value is 1.39. The molecule has 0 radical (unpaired) electrons. The molecule has 0 aromatic carbocycles. The zero-order valence-corrected chi connectivity index (χ0v) is 9.31. The SMILES string of the molecule is O=C1SS(S)(S)C(Cl)=C1Cl. The first-order valence-electron chi connectivity index (χ1n) is 2.02. The molecule has 0 unspecified atom stereocenters. The maximum atomic E-state index is 10.8. The molecule has 7 heteroatoms. The molecule has 0 saturated heterocycles. The molecular weight excluding hydrogens is 251 g/mol. The average Bonchev–Trinajstić information content (AvgIpc) is 1.95. The lowest BCUT2D eigenvalue weighted by Gasteiger charge is -2.17. The minimum atomic E-state index is -1.75. The second-order valence-electron chi connectivity index (χ2n) is 1.46. The number of thiol groups is 2. The molecule has 1 aliphatic heterocycles. The Kier molecular flexibility index (Phi) is 2.87. The van der Waals surface area contributed by atoms with E-state index >= 15 is 0 Å². The molecule has 0 atom stereocenters. The largest absolute Gasteiger partial charge is 0.280 e. The van der Waals surface area contributed by atoms with Crippen LogP contribution in [-0.2, 0) is 4.79 Å². The first-order chi connectivity index (χ1) is 4.45. The van der Waals surface area contributed by atoms with Crippen LogP contribution in [0.1, 0.15) is 0 Å². The third-order valence-corrected chi connectivity index (χ3v) is 8.61. The van der Waals surface area contributed by atoms with E-state index in [0.717, 1.165) is 10.8 Å². The van der Waals surface area contributed by atoms with Crippen molar-refractivity contribution in [3.63, 3.8) is 0 Å². The summed E-state index contributed by atoms with van der Waals surface area (Å²) >= 11 is 19.3. The van der Waals surface area contributed by atoms with Gasteiger partial charge in [-0.3, -0.25) is 4.79 Å². The van der Waals surface area contributed by atoms with E-state index in [1.165, 1.54) is 0 Å². The van der Waals surface area contributed by atoms with Gasteiger partial charge >= 0.3 is 0 Å². The van der Waals surface area contributed by atoms with Gasteiger partial charge in [0.05, 0.1) is 0 Å². The Morgan fingerprint density at radius 2 is 1.90 bits per heavy atom. The van der Waals surface area contributed by atoms with Gasteiger partial charge in [0.15, 0.2) is 0 Å². The summed E-state index contributed by atoms with van der Waals surface area (Å²) < 4.78 is 0.274. The molecule has 1 heterocycles. The molecule has 0 amide bonds. The summed E-state index contributed by atoms with van der Waals surface area (Å²) in [5, 5.41) is -0.182. The van der Waals surface area contributed by atoms with Gasteiger partial charge in [0.2, 0.25) is 5.12 Å². The molecule has 0 aromatic rings. The van der Waals surface area contributed by atoms with Crippen LogP contribution in [0.2, 0.25) is 0 Å². The summed E-state index contributed by atoms with van der Waals surface area (Å²) in [7, 11) is -0.780. The topological polar surface area (TPSA) is 17.1 Å². The lowest BCUT2D eigenvalue weighted by Crippen LogP contribution is -1.80. The van der Waals surface area contributed by atoms with E-state index in [1.54, 1.807) is 0 Å². The fourth-order valence-electron chi connectivity index (χ4n) is 0.376. The molecule has 1 aliphatic rings. The molecule has 0 aromatic heterocycles. The summed E-state index contributed by atoms with van der Waals surface area (Å²) in [6.45, 7) is 0. The highest BCUT2D eigenvalue weighted by Gasteiger charge is 2.36. The number of carbonyl (C=O) groups is 1. The molecule has 58 valence electrons. The fourth-order valence-corrected chi connectivity index (χ4v) is 5.83. The first-order valence-corrected chi connectivity index (χ1v) is 7.85.